The topological polar surface area (TPSA) is 73.3 Å². The zero-order chi connectivity index (χ0) is 23.6. The number of carbonyl (C=O) groups is 1. The Morgan fingerprint density at radius 1 is 1.03 bits per heavy atom. The molecule has 34 heavy (non-hydrogen) atoms. The second-order valence-electron chi connectivity index (χ2n) is 9.55. The Morgan fingerprint density at radius 2 is 1.76 bits per heavy atom. The van der Waals surface area contributed by atoms with Crippen molar-refractivity contribution in [3.63, 3.8) is 0 Å². The molecule has 7 heteroatoms. The van der Waals surface area contributed by atoms with Gasteiger partial charge in [-0.05, 0) is 66.3 Å². The molecule has 0 saturated carbocycles. The van der Waals surface area contributed by atoms with Crippen molar-refractivity contribution >= 4 is 43.6 Å². The summed E-state index contributed by atoms with van der Waals surface area (Å²) in [7, 11) is 0. The molecule has 6 nitrogen and oxygen atoms in total. The molecule has 174 valence electrons. The van der Waals surface area contributed by atoms with Crippen molar-refractivity contribution in [3.05, 3.63) is 80.7 Å². The van der Waals surface area contributed by atoms with E-state index in [0.717, 1.165) is 47.9 Å². The monoisotopic (exact) mass is 518 g/mol. The molecule has 6 rings (SSSR count). The fourth-order valence-electron chi connectivity index (χ4n) is 6.07. The van der Waals surface area contributed by atoms with Gasteiger partial charge in [0.25, 0.3) is 0 Å². The smallest absolute Gasteiger partial charge is 0.330 e. The number of hydrogen-bond donors (Lipinski definition) is 1. The summed E-state index contributed by atoms with van der Waals surface area (Å²) in [5, 5.41) is 2.68. The zero-order valence-corrected chi connectivity index (χ0v) is 20.7. The second-order valence-corrected chi connectivity index (χ2v) is 10.4. The van der Waals surface area contributed by atoms with Gasteiger partial charge < -0.3 is 5.73 Å². The van der Waals surface area contributed by atoms with Crippen molar-refractivity contribution in [3.8, 4) is 0 Å². The Morgan fingerprint density at radius 3 is 2.50 bits per heavy atom. The number of para-hydroxylation sites is 2. The molecule has 2 heterocycles. The number of imidazole rings is 1. The van der Waals surface area contributed by atoms with Gasteiger partial charge in [0, 0.05) is 29.6 Å². The van der Waals surface area contributed by atoms with Crippen LogP contribution in [0.25, 0.3) is 21.8 Å². The average Bonchev–Trinajstić information content (AvgIpc) is 3.37. The van der Waals surface area contributed by atoms with E-state index in [1.165, 1.54) is 21.9 Å². The molecule has 1 saturated heterocycles. The lowest BCUT2D eigenvalue weighted by Gasteiger charge is -2.36. The highest BCUT2D eigenvalue weighted by molar-refractivity contribution is 9.10. The highest BCUT2D eigenvalue weighted by Crippen LogP contribution is 2.43. The normalized spacial score (nSPS) is 19.8. The van der Waals surface area contributed by atoms with Crippen molar-refractivity contribution in [2.24, 2.45) is 5.73 Å². The van der Waals surface area contributed by atoms with E-state index < -0.39 is 11.9 Å². The van der Waals surface area contributed by atoms with Crippen LogP contribution >= 0.6 is 15.9 Å². The molecule has 2 atom stereocenters. The molecule has 0 spiro atoms. The first-order valence-corrected chi connectivity index (χ1v) is 12.7. The quantitative estimate of drug-likeness (QED) is 0.425. The van der Waals surface area contributed by atoms with Crippen LogP contribution in [0.5, 0.6) is 0 Å². The predicted molar refractivity (Wildman–Crippen MR) is 138 cm³/mol. The first-order valence-electron chi connectivity index (χ1n) is 11.9. The number of hydrogen-bond acceptors (Lipinski definition) is 3. The summed E-state index contributed by atoms with van der Waals surface area (Å²) in [6.45, 7) is 3.55. The third-order valence-electron chi connectivity index (χ3n) is 7.80. The lowest BCUT2D eigenvalue weighted by Crippen LogP contribution is -2.40. The first kappa shape index (κ1) is 21.6. The van der Waals surface area contributed by atoms with Gasteiger partial charge in [-0.2, -0.15) is 0 Å². The summed E-state index contributed by atoms with van der Waals surface area (Å²) in [4.78, 5) is 28.0. The van der Waals surface area contributed by atoms with Crippen LogP contribution in [-0.4, -0.2) is 33.0 Å². The van der Waals surface area contributed by atoms with Gasteiger partial charge in [0.1, 0.15) is 6.04 Å². The lowest BCUT2D eigenvalue weighted by molar-refractivity contribution is -0.120. The summed E-state index contributed by atoms with van der Waals surface area (Å²) in [5.41, 5.74) is 9.89. The fraction of sp³-hybridized carbons (Fsp3) is 0.333. The third kappa shape index (κ3) is 3.17. The predicted octanol–water partition coefficient (Wildman–Crippen LogP) is 4.70. The average molecular weight is 519 g/mol. The SMILES string of the molecule is CC(C(N)=O)n1c(=O)n(C2CCN(C3Cc4ccc(Br)c5cccc3c45)CC2)c2ccccc21. The molecule has 2 N–H and O–H groups in total. The summed E-state index contributed by atoms with van der Waals surface area (Å²) in [6, 6.07) is 18.5. The Kier molecular flexibility index (Phi) is 5.15. The number of nitrogens with zero attached hydrogens (tertiary/aromatic N) is 3. The minimum atomic E-state index is -0.685. The largest absolute Gasteiger partial charge is 0.368 e. The number of nitrogens with two attached hydrogens (primary N) is 1. The van der Waals surface area contributed by atoms with E-state index in [9.17, 15) is 9.59 Å². The van der Waals surface area contributed by atoms with Crippen LogP contribution in [-0.2, 0) is 11.2 Å². The fourth-order valence-corrected chi connectivity index (χ4v) is 6.53. The summed E-state index contributed by atoms with van der Waals surface area (Å²) < 4.78 is 4.59. The van der Waals surface area contributed by atoms with Crippen LogP contribution in [0.15, 0.2) is 63.9 Å². The molecule has 0 bridgehead atoms. The van der Waals surface area contributed by atoms with Gasteiger partial charge in [-0.15, -0.1) is 0 Å². The maximum Gasteiger partial charge on any atom is 0.330 e. The van der Waals surface area contributed by atoms with Crippen LogP contribution in [0, 0.1) is 0 Å². The number of benzene rings is 3. The number of amides is 1. The van der Waals surface area contributed by atoms with E-state index >= 15 is 0 Å². The van der Waals surface area contributed by atoms with Crippen LogP contribution < -0.4 is 11.4 Å². The van der Waals surface area contributed by atoms with E-state index in [2.05, 4.69) is 51.2 Å². The molecule has 4 aromatic rings. The molecular weight excluding hydrogens is 492 g/mol. The van der Waals surface area contributed by atoms with Gasteiger partial charge in [0.2, 0.25) is 5.91 Å². The number of primary amides is 1. The molecule has 1 fully saturated rings. The Bertz CT molecular complexity index is 1500. The van der Waals surface area contributed by atoms with Crippen LogP contribution in [0.1, 0.15) is 49.0 Å². The molecular formula is C27H27BrN4O2. The lowest BCUT2D eigenvalue weighted by atomic mass is 9.99. The van der Waals surface area contributed by atoms with Crippen LogP contribution in [0.4, 0.5) is 0 Å². The van der Waals surface area contributed by atoms with Crippen molar-refractivity contribution in [1.29, 1.82) is 0 Å². The zero-order valence-electron chi connectivity index (χ0n) is 19.1. The molecule has 2 aliphatic rings. The molecule has 1 aliphatic heterocycles. The molecule has 3 aromatic carbocycles. The van der Waals surface area contributed by atoms with Crippen molar-refractivity contribution < 1.29 is 4.79 Å². The van der Waals surface area contributed by atoms with Crippen LogP contribution in [0.3, 0.4) is 0 Å². The van der Waals surface area contributed by atoms with Crippen molar-refractivity contribution in [2.75, 3.05) is 13.1 Å². The van der Waals surface area contributed by atoms with E-state index in [1.807, 2.05) is 28.8 Å². The Labute approximate surface area is 206 Å². The standard InChI is InChI=1S/C27H27BrN4O2/c1-16(26(29)33)31-22-7-2-3-8-23(22)32(27(31)34)18-11-13-30(14-12-18)24-15-17-9-10-21(28)19-5-4-6-20(24)25(17)19/h2-10,16,18,24H,11-15H2,1H3,(H2,29,33). The number of likely N-dealkylation sites (tertiary alicyclic amines) is 1. The molecule has 1 amide bonds. The number of piperidine rings is 1. The van der Waals surface area contributed by atoms with E-state index in [1.54, 1.807) is 11.5 Å². The number of aromatic nitrogens is 2. The molecule has 1 aliphatic carbocycles. The van der Waals surface area contributed by atoms with Crippen molar-refractivity contribution in [1.82, 2.24) is 14.0 Å². The van der Waals surface area contributed by atoms with Crippen LogP contribution in [0.2, 0.25) is 0 Å². The molecule has 2 unspecified atom stereocenters. The number of carbonyl (C=O) groups excluding carboxylic acids is 1. The summed E-state index contributed by atoms with van der Waals surface area (Å²) in [5.74, 6) is -0.499. The van der Waals surface area contributed by atoms with E-state index in [0.29, 0.717) is 6.04 Å². The van der Waals surface area contributed by atoms with Gasteiger partial charge in [0.05, 0.1) is 11.0 Å². The highest BCUT2D eigenvalue weighted by atomic mass is 79.9. The van der Waals surface area contributed by atoms with E-state index in [-0.39, 0.29) is 11.7 Å². The van der Waals surface area contributed by atoms with Crippen molar-refractivity contribution in [2.45, 2.75) is 44.3 Å². The number of halogens is 1. The van der Waals surface area contributed by atoms with Gasteiger partial charge in [-0.3, -0.25) is 18.8 Å². The van der Waals surface area contributed by atoms with Gasteiger partial charge >= 0.3 is 5.69 Å². The summed E-state index contributed by atoms with van der Waals surface area (Å²) in [6.07, 6.45) is 2.82. The molecule has 0 radical (unpaired) electrons. The van der Waals surface area contributed by atoms with Gasteiger partial charge in [-0.1, -0.05) is 52.3 Å². The second kappa shape index (κ2) is 8.10. The minimum Gasteiger partial charge on any atom is -0.368 e. The van der Waals surface area contributed by atoms with Gasteiger partial charge in [0.15, 0.2) is 0 Å². The summed E-state index contributed by atoms with van der Waals surface area (Å²) >= 11 is 3.71. The first-order chi connectivity index (χ1) is 16.5. The highest BCUT2D eigenvalue weighted by Gasteiger charge is 2.34. The van der Waals surface area contributed by atoms with E-state index in [4.69, 9.17) is 5.73 Å². The Hall–Kier alpha value is -2.90. The number of rotatable bonds is 4. The number of fused-ring (bicyclic) bond motifs is 1. The maximum atomic E-state index is 13.5. The molecule has 1 aromatic heterocycles. The third-order valence-corrected chi connectivity index (χ3v) is 8.49. The maximum absolute atomic E-state index is 13.5. The minimum absolute atomic E-state index is 0.101. The van der Waals surface area contributed by atoms with Gasteiger partial charge in [-0.25, -0.2) is 4.79 Å². The Balaban J connectivity index is 1.30.